The molecule has 4 rings (SSSR count). The minimum atomic E-state index is -0.907. The number of rotatable bonds is 3. The Hall–Kier alpha value is -3.98. The van der Waals surface area contributed by atoms with Crippen molar-refractivity contribution in [2.24, 2.45) is 0 Å². The van der Waals surface area contributed by atoms with Crippen LogP contribution in [0.2, 0.25) is 0 Å². The van der Waals surface area contributed by atoms with Crippen molar-refractivity contribution in [1.29, 1.82) is 5.26 Å². The number of pyridine rings is 3. The average Bonchev–Trinajstić information content (AvgIpc) is 2.75. The predicted molar refractivity (Wildman–Crippen MR) is 101 cm³/mol. The van der Waals surface area contributed by atoms with Gasteiger partial charge < -0.3 is 0 Å². The first-order valence-corrected chi connectivity index (χ1v) is 8.38. The number of hydrogen-bond donors (Lipinski definition) is 0. The lowest BCUT2D eigenvalue weighted by atomic mass is 9.85. The Morgan fingerprint density at radius 2 is 0.893 bits per heavy atom. The molecule has 6 heteroatoms. The smallest absolute Gasteiger partial charge is 0.152 e. The van der Waals surface area contributed by atoms with Gasteiger partial charge in [-0.25, -0.2) is 8.78 Å². The second-order valence-corrected chi connectivity index (χ2v) is 5.95. The SMILES string of the molecule is N#Cc1c(F)c(-c2ccncc2)c(-c2ccncc2)c(-c2ccncc2)c1F. The highest BCUT2D eigenvalue weighted by Crippen LogP contribution is 2.44. The summed E-state index contributed by atoms with van der Waals surface area (Å²) in [5.41, 5.74) is 1.55. The van der Waals surface area contributed by atoms with Crippen LogP contribution in [0.4, 0.5) is 8.78 Å². The van der Waals surface area contributed by atoms with Gasteiger partial charge in [-0.2, -0.15) is 5.26 Å². The van der Waals surface area contributed by atoms with Crippen molar-refractivity contribution in [1.82, 2.24) is 15.0 Å². The highest BCUT2D eigenvalue weighted by Gasteiger charge is 2.27. The van der Waals surface area contributed by atoms with Crippen LogP contribution in [-0.2, 0) is 0 Å². The lowest BCUT2D eigenvalue weighted by Gasteiger charge is -2.19. The fourth-order valence-corrected chi connectivity index (χ4v) is 3.18. The Kier molecular flexibility index (Phi) is 4.56. The van der Waals surface area contributed by atoms with Crippen LogP contribution in [-0.4, -0.2) is 15.0 Å². The van der Waals surface area contributed by atoms with Gasteiger partial charge in [-0.15, -0.1) is 0 Å². The predicted octanol–water partition coefficient (Wildman–Crippen LogP) is 5.02. The van der Waals surface area contributed by atoms with Crippen molar-refractivity contribution in [2.45, 2.75) is 0 Å². The van der Waals surface area contributed by atoms with Gasteiger partial charge in [0.1, 0.15) is 11.6 Å². The summed E-state index contributed by atoms with van der Waals surface area (Å²) in [4.78, 5) is 11.9. The van der Waals surface area contributed by atoms with E-state index >= 15 is 8.78 Å². The molecule has 0 atom stereocenters. The highest BCUT2D eigenvalue weighted by atomic mass is 19.1. The lowest BCUT2D eigenvalue weighted by molar-refractivity contribution is 0.582. The topological polar surface area (TPSA) is 62.5 Å². The molecule has 0 amide bonds. The quantitative estimate of drug-likeness (QED) is 0.508. The number of nitrogens with zero attached hydrogens (tertiary/aromatic N) is 4. The maximum absolute atomic E-state index is 15.4. The molecule has 0 fully saturated rings. The largest absolute Gasteiger partial charge is 0.265 e. The second kappa shape index (κ2) is 7.33. The van der Waals surface area contributed by atoms with Crippen LogP contribution >= 0.6 is 0 Å². The fraction of sp³-hybridized carbons (Fsp3) is 0. The third-order valence-electron chi connectivity index (χ3n) is 4.40. The molecule has 4 nitrogen and oxygen atoms in total. The molecule has 134 valence electrons. The summed E-state index contributed by atoms with van der Waals surface area (Å²) in [6.45, 7) is 0. The zero-order valence-corrected chi connectivity index (χ0v) is 14.5. The third-order valence-corrected chi connectivity index (χ3v) is 4.40. The van der Waals surface area contributed by atoms with Crippen molar-refractivity contribution in [3.8, 4) is 39.4 Å². The van der Waals surface area contributed by atoms with E-state index < -0.39 is 17.2 Å². The molecule has 28 heavy (non-hydrogen) atoms. The molecular weight excluding hydrogens is 358 g/mol. The molecule has 4 aromatic rings. The average molecular weight is 370 g/mol. The lowest BCUT2D eigenvalue weighted by Crippen LogP contribution is -2.03. The van der Waals surface area contributed by atoms with Gasteiger partial charge in [0.05, 0.1) is 0 Å². The summed E-state index contributed by atoms with van der Waals surface area (Å²) in [5, 5.41) is 9.44. The molecule has 3 heterocycles. The van der Waals surface area contributed by atoms with E-state index in [9.17, 15) is 5.26 Å². The molecule has 0 unspecified atom stereocenters. The van der Waals surface area contributed by atoms with Gasteiger partial charge in [-0.05, 0) is 53.1 Å². The van der Waals surface area contributed by atoms with Gasteiger partial charge >= 0.3 is 0 Å². The van der Waals surface area contributed by atoms with E-state index in [2.05, 4.69) is 15.0 Å². The molecule has 0 saturated carbocycles. The Balaban J connectivity index is 2.22. The molecule has 0 aliphatic carbocycles. The number of hydrogen-bond acceptors (Lipinski definition) is 4. The Bertz CT molecular complexity index is 1110. The normalized spacial score (nSPS) is 10.5. The van der Waals surface area contributed by atoms with Crippen molar-refractivity contribution in [3.05, 3.63) is 90.8 Å². The van der Waals surface area contributed by atoms with Gasteiger partial charge in [0.25, 0.3) is 0 Å². The summed E-state index contributed by atoms with van der Waals surface area (Å²) in [6, 6.07) is 11.5. The molecule has 3 aromatic heterocycles. The molecule has 0 N–H and O–H groups in total. The molecule has 0 radical (unpaired) electrons. The maximum atomic E-state index is 15.4. The molecular formula is C22H12F2N4. The highest BCUT2D eigenvalue weighted by molar-refractivity contribution is 5.96. The molecule has 1 aromatic carbocycles. The van der Waals surface area contributed by atoms with Crippen molar-refractivity contribution < 1.29 is 8.78 Å². The van der Waals surface area contributed by atoms with Crippen LogP contribution < -0.4 is 0 Å². The Labute approximate surface area is 159 Å². The van der Waals surface area contributed by atoms with E-state index in [4.69, 9.17) is 0 Å². The van der Waals surface area contributed by atoms with Crippen LogP contribution in [0.15, 0.2) is 73.6 Å². The molecule has 0 spiro atoms. The summed E-state index contributed by atoms with van der Waals surface area (Å²) in [7, 11) is 0. The molecule has 0 bridgehead atoms. The van der Waals surface area contributed by atoms with Gasteiger partial charge in [-0.3, -0.25) is 15.0 Å². The summed E-state index contributed by atoms with van der Waals surface area (Å²) in [5.74, 6) is -1.81. The Morgan fingerprint density at radius 3 is 1.21 bits per heavy atom. The summed E-state index contributed by atoms with van der Waals surface area (Å²) in [6.07, 6.45) is 9.18. The van der Waals surface area contributed by atoms with E-state index in [1.807, 2.05) is 0 Å². The van der Waals surface area contributed by atoms with Crippen molar-refractivity contribution >= 4 is 0 Å². The van der Waals surface area contributed by atoms with Crippen molar-refractivity contribution in [2.75, 3.05) is 0 Å². The zero-order valence-electron chi connectivity index (χ0n) is 14.5. The van der Waals surface area contributed by atoms with E-state index in [1.54, 1.807) is 54.9 Å². The van der Waals surface area contributed by atoms with E-state index in [0.29, 0.717) is 22.3 Å². The third kappa shape index (κ3) is 2.89. The minimum absolute atomic E-state index is 0.137. The van der Waals surface area contributed by atoms with E-state index in [-0.39, 0.29) is 11.1 Å². The van der Waals surface area contributed by atoms with Gasteiger partial charge in [0.15, 0.2) is 11.6 Å². The maximum Gasteiger partial charge on any atom is 0.152 e. The first kappa shape index (κ1) is 17.4. The fourth-order valence-electron chi connectivity index (χ4n) is 3.18. The first-order valence-electron chi connectivity index (χ1n) is 8.38. The van der Waals surface area contributed by atoms with Crippen LogP contribution in [0.25, 0.3) is 33.4 Å². The summed E-state index contributed by atoms with van der Waals surface area (Å²) < 4.78 is 30.7. The number of nitriles is 1. The molecule has 0 saturated heterocycles. The minimum Gasteiger partial charge on any atom is -0.265 e. The molecule has 0 aliphatic rings. The van der Waals surface area contributed by atoms with Crippen LogP contribution in [0.1, 0.15) is 5.56 Å². The standard InChI is InChI=1S/C22H12F2N4/c23-21-17(13-25)22(24)20(16-5-11-28-12-6-16)18(14-1-7-26-8-2-14)19(21)15-3-9-27-10-4-15/h1-12H. The van der Waals surface area contributed by atoms with Gasteiger partial charge in [0, 0.05) is 53.9 Å². The number of halogens is 2. The van der Waals surface area contributed by atoms with E-state index in [1.165, 1.54) is 24.8 Å². The first-order chi connectivity index (χ1) is 13.7. The number of benzene rings is 1. The van der Waals surface area contributed by atoms with Crippen molar-refractivity contribution in [3.63, 3.8) is 0 Å². The zero-order chi connectivity index (χ0) is 19.5. The second-order valence-electron chi connectivity index (χ2n) is 5.95. The Morgan fingerprint density at radius 1 is 0.571 bits per heavy atom. The van der Waals surface area contributed by atoms with E-state index in [0.717, 1.165) is 0 Å². The number of aromatic nitrogens is 3. The van der Waals surface area contributed by atoms with Crippen LogP contribution in [0.3, 0.4) is 0 Å². The van der Waals surface area contributed by atoms with Gasteiger partial charge in [-0.1, -0.05) is 0 Å². The van der Waals surface area contributed by atoms with Gasteiger partial charge in [0.2, 0.25) is 0 Å². The summed E-state index contributed by atoms with van der Waals surface area (Å²) >= 11 is 0. The van der Waals surface area contributed by atoms with Crippen LogP contribution in [0.5, 0.6) is 0 Å². The monoisotopic (exact) mass is 370 g/mol. The molecule has 0 aliphatic heterocycles. The van der Waals surface area contributed by atoms with Crippen LogP contribution in [0, 0.1) is 23.0 Å².